The summed E-state index contributed by atoms with van der Waals surface area (Å²) in [5.41, 5.74) is 3.34. The van der Waals surface area contributed by atoms with Crippen molar-refractivity contribution in [2.75, 3.05) is 41.1 Å². The molecule has 10 nitrogen and oxygen atoms in total. The van der Waals surface area contributed by atoms with E-state index in [4.69, 9.17) is 23.7 Å². The second kappa shape index (κ2) is 10.2. The number of fused-ring (bicyclic) bond motifs is 1. The van der Waals surface area contributed by atoms with E-state index in [0.717, 1.165) is 5.56 Å². The summed E-state index contributed by atoms with van der Waals surface area (Å²) in [4.78, 5) is 24.4. The molecule has 0 atom stereocenters. The lowest BCUT2D eigenvalue weighted by molar-refractivity contribution is -0.120. The molecule has 2 N–H and O–H groups in total. The highest BCUT2D eigenvalue weighted by molar-refractivity contribution is 5.97. The fourth-order valence-electron chi connectivity index (χ4n) is 2.83. The molecule has 2 aromatic rings. The van der Waals surface area contributed by atoms with Crippen LogP contribution in [-0.2, 0) is 4.79 Å². The lowest BCUT2D eigenvalue weighted by Crippen LogP contribution is -2.34. The third-order valence-corrected chi connectivity index (χ3v) is 4.31. The van der Waals surface area contributed by atoms with Gasteiger partial charge in [0.05, 0.1) is 34.1 Å². The number of methoxy groups -OCH3 is 3. The molecule has 0 aromatic heterocycles. The smallest absolute Gasteiger partial charge is 0.259 e. The van der Waals surface area contributed by atoms with Crippen LogP contribution in [0.1, 0.15) is 15.9 Å². The number of amides is 2. The molecule has 0 fully saturated rings. The monoisotopic (exact) mass is 429 g/mol. The fraction of sp³-hybridized carbons (Fsp3) is 0.286. The summed E-state index contributed by atoms with van der Waals surface area (Å²) in [6.45, 7) is 0.724. The van der Waals surface area contributed by atoms with Gasteiger partial charge in [0.15, 0.2) is 23.0 Å². The number of carbonyl (C=O) groups excluding carboxylic acids is 2. The van der Waals surface area contributed by atoms with Gasteiger partial charge in [0, 0.05) is 5.56 Å². The Bertz CT molecular complexity index is 966. The summed E-state index contributed by atoms with van der Waals surface area (Å²) in [5, 5.41) is 6.40. The van der Waals surface area contributed by atoms with Gasteiger partial charge in [0.1, 0.15) is 13.2 Å². The van der Waals surface area contributed by atoms with Crippen molar-refractivity contribution in [1.82, 2.24) is 10.7 Å². The van der Waals surface area contributed by atoms with E-state index in [9.17, 15) is 9.59 Å². The molecule has 0 saturated heterocycles. The Balaban J connectivity index is 1.55. The number of carbonyl (C=O) groups is 2. The molecule has 164 valence electrons. The molecule has 0 radical (unpaired) electrons. The van der Waals surface area contributed by atoms with Crippen LogP contribution in [0, 0.1) is 0 Å². The maximum Gasteiger partial charge on any atom is 0.259 e. The van der Waals surface area contributed by atoms with Crippen LogP contribution in [0.2, 0.25) is 0 Å². The summed E-state index contributed by atoms with van der Waals surface area (Å²) >= 11 is 0. The van der Waals surface area contributed by atoms with Crippen molar-refractivity contribution in [3.05, 3.63) is 41.5 Å². The summed E-state index contributed by atoms with van der Waals surface area (Å²) in [6.07, 6.45) is 1.47. The van der Waals surface area contributed by atoms with Gasteiger partial charge >= 0.3 is 0 Å². The number of hydrogen-bond donors (Lipinski definition) is 2. The Morgan fingerprint density at radius 2 is 1.68 bits per heavy atom. The standard InChI is InChI=1S/C21H23N3O7/c1-27-17-9-14(10-18(28-2)20(17)29-3)21(26)22-12-19(25)24-23-11-13-4-5-15-16(8-13)31-7-6-30-15/h4-5,8-11H,6-7,12H2,1-3H3,(H,22,26)(H,24,25)/b23-11-. The minimum atomic E-state index is -0.491. The second-order valence-corrected chi connectivity index (χ2v) is 6.29. The first kappa shape index (κ1) is 21.8. The topological polar surface area (TPSA) is 117 Å². The van der Waals surface area contributed by atoms with E-state index in [1.165, 1.54) is 39.7 Å². The van der Waals surface area contributed by atoms with E-state index in [0.29, 0.717) is 42.0 Å². The molecule has 0 bridgehead atoms. The largest absolute Gasteiger partial charge is 0.493 e. The van der Waals surface area contributed by atoms with Crippen LogP contribution in [0.15, 0.2) is 35.4 Å². The number of rotatable bonds is 8. The maximum absolute atomic E-state index is 12.4. The molecule has 0 saturated carbocycles. The van der Waals surface area contributed by atoms with Gasteiger partial charge in [0.25, 0.3) is 11.8 Å². The zero-order valence-electron chi connectivity index (χ0n) is 17.4. The second-order valence-electron chi connectivity index (χ2n) is 6.29. The zero-order chi connectivity index (χ0) is 22.2. The minimum absolute atomic E-state index is 0.252. The Morgan fingerprint density at radius 1 is 1.00 bits per heavy atom. The Morgan fingerprint density at radius 3 is 2.32 bits per heavy atom. The number of hydrazone groups is 1. The van der Waals surface area contributed by atoms with Crippen LogP contribution in [-0.4, -0.2) is 59.1 Å². The first-order valence-corrected chi connectivity index (χ1v) is 9.35. The minimum Gasteiger partial charge on any atom is -0.493 e. The third-order valence-electron chi connectivity index (χ3n) is 4.31. The lowest BCUT2D eigenvalue weighted by Gasteiger charge is -2.18. The van der Waals surface area contributed by atoms with E-state index >= 15 is 0 Å². The van der Waals surface area contributed by atoms with Crippen LogP contribution in [0.3, 0.4) is 0 Å². The van der Waals surface area contributed by atoms with Crippen molar-refractivity contribution in [3.8, 4) is 28.7 Å². The van der Waals surface area contributed by atoms with Crippen LogP contribution >= 0.6 is 0 Å². The summed E-state index contributed by atoms with van der Waals surface area (Å²) in [5.74, 6) is 1.36. The predicted octanol–water partition coefficient (Wildman–Crippen LogP) is 1.36. The van der Waals surface area contributed by atoms with Crippen LogP contribution in [0.5, 0.6) is 28.7 Å². The maximum atomic E-state index is 12.4. The molecular formula is C21H23N3O7. The third kappa shape index (κ3) is 5.35. The molecule has 1 heterocycles. The highest BCUT2D eigenvalue weighted by atomic mass is 16.6. The van der Waals surface area contributed by atoms with E-state index in [2.05, 4.69) is 15.8 Å². The van der Waals surface area contributed by atoms with Crippen LogP contribution in [0.4, 0.5) is 0 Å². The molecule has 3 rings (SSSR count). The highest BCUT2D eigenvalue weighted by Gasteiger charge is 2.17. The van der Waals surface area contributed by atoms with Crippen molar-refractivity contribution < 1.29 is 33.3 Å². The van der Waals surface area contributed by atoms with Crippen molar-refractivity contribution in [1.29, 1.82) is 0 Å². The molecule has 10 heteroatoms. The number of nitrogens with one attached hydrogen (secondary N) is 2. The molecule has 0 aliphatic carbocycles. The molecule has 2 aromatic carbocycles. The normalized spacial score (nSPS) is 12.2. The average molecular weight is 429 g/mol. The van der Waals surface area contributed by atoms with Crippen LogP contribution in [0.25, 0.3) is 0 Å². The van der Waals surface area contributed by atoms with Crippen molar-refractivity contribution >= 4 is 18.0 Å². The predicted molar refractivity (Wildman–Crippen MR) is 112 cm³/mol. The highest BCUT2D eigenvalue weighted by Crippen LogP contribution is 2.38. The summed E-state index contributed by atoms with van der Waals surface area (Å²) < 4.78 is 26.6. The number of nitrogens with zero attached hydrogens (tertiary/aromatic N) is 1. The number of hydrogen-bond acceptors (Lipinski definition) is 8. The van der Waals surface area contributed by atoms with Gasteiger partial charge in [-0.2, -0.15) is 5.10 Å². The Hall–Kier alpha value is -3.95. The van der Waals surface area contributed by atoms with E-state index in [-0.39, 0.29) is 12.1 Å². The first-order chi connectivity index (χ1) is 15.0. The fourth-order valence-corrected chi connectivity index (χ4v) is 2.83. The van der Waals surface area contributed by atoms with E-state index in [1.807, 2.05) is 0 Å². The van der Waals surface area contributed by atoms with Gasteiger partial charge in [-0.1, -0.05) is 0 Å². The Labute approximate surface area is 179 Å². The molecule has 2 amide bonds. The van der Waals surface area contributed by atoms with Crippen molar-refractivity contribution in [3.63, 3.8) is 0 Å². The average Bonchev–Trinajstić information content (AvgIpc) is 2.81. The molecule has 0 unspecified atom stereocenters. The van der Waals surface area contributed by atoms with Gasteiger partial charge < -0.3 is 29.0 Å². The SMILES string of the molecule is COc1cc(C(=O)NCC(=O)N/N=C\c2ccc3c(c2)OCCO3)cc(OC)c1OC. The summed E-state index contributed by atoms with van der Waals surface area (Å²) in [7, 11) is 4.37. The molecule has 1 aliphatic rings. The van der Waals surface area contributed by atoms with Gasteiger partial charge in [-0.3, -0.25) is 9.59 Å². The first-order valence-electron chi connectivity index (χ1n) is 9.35. The van der Waals surface area contributed by atoms with Gasteiger partial charge in [0.2, 0.25) is 5.75 Å². The molecule has 0 spiro atoms. The van der Waals surface area contributed by atoms with Crippen molar-refractivity contribution in [2.45, 2.75) is 0 Å². The van der Waals surface area contributed by atoms with Crippen molar-refractivity contribution in [2.24, 2.45) is 5.10 Å². The van der Waals surface area contributed by atoms with Gasteiger partial charge in [-0.05, 0) is 35.9 Å². The van der Waals surface area contributed by atoms with E-state index in [1.54, 1.807) is 18.2 Å². The zero-order valence-corrected chi connectivity index (χ0v) is 17.4. The molecular weight excluding hydrogens is 406 g/mol. The lowest BCUT2D eigenvalue weighted by atomic mass is 10.1. The summed E-state index contributed by atoms with van der Waals surface area (Å²) in [6, 6.07) is 8.31. The number of ether oxygens (including phenoxy) is 5. The van der Waals surface area contributed by atoms with E-state index < -0.39 is 11.8 Å². The molecule has 1 aliphatic heterocycles. The van der Waals surface area contributed by atoms with Crippen LogP contribution < -0.4 is 34.4 Å². The quantitative estimate of drug-likeness (QED) is 0.481. The molecule has 31 heavy (non-hydrogen) atoms. The van der Waals surface area contributed by atoms with Gasteiger partial charge in [-0.15, -0.1) is 0 Å². The Kier molecular flexibility index (Phi) is 7.15. The number of benzene rings is 2. The van der Waals surface area contributed by atoms with Gasteiger partial charge in [-0.25, -0.2) is 5.43 Å².